The number of amides is 1. The molecule has 31 heavy (non-hydrogen) atoms. The third-order valence-electron chi connectivity index (χ3n) is 4.54. The van der Waals surface area contributed by atoms with Crippen LogP contribution >= 0.6 is 0 Å². The lowest BCUT2D eigenvalue weighted by Crippen LogP contribution is -2.18. The van der Waals surface area contributed by atoms with Crippen molar-refractivity contribution in [1.29, 1.82) is 0 Å². The van der Waals surface area contributed by atoms with Crippen LogP contribution in [0.5, 0.6) is 0 Å². The SMILES string of the molecule is CNC(=O)c1cnc(Nc2ccccc2C)c(NCc2cc(F)cc(C(F)(F)F)c2)c1. The largest absolute Gasteiger partial charge is 0.416 e. The zero-order valence-corrected chi connectivity index (χ0v) is 16.8. The predicted octanol–water partition coefficient (Wildman–Crippen LogP) is 5.26. The lowest BCUT2D eigenvalue weighted by molar-refractivity contribution is -0.137. The average Bonchev–Trinajstić information content (AvgIpc) is 2.73. The fourth-order valence-corrected chi connectivity index (χ4v) is 2.92. The highest BCUT2D eigenvalue weighted by Crippen LogP contribution is 2.31. The molecule has 3 aromatic rings. The Morgan fingerprint density at radius 1 is 1.06 bits per heavy atom. The quantitative estimate of drug-likeness (QED) is 0.465. The zero-order chi connectivity index (χ0) is 22.6. The minimum atomic E-state index is -4.66. The molecule has 0 fully saturated rings. The number of halogens is 4. The molecule has 9 heteroatoms. The Morgan fingerprint density at radius 2 is 1.81 bits per heavy atom. The van der Waals surface area contributed by atoms with Gasteiger partial charge in [-0.1, -0.05) is 18.2 Å². The number of para-hydroxylation sites is 1. The number of benzene rings is 2. The predicted molar refractivity (Wildman–Crippen MR) is 111 cm³/mol. The number of aryl methyl sites for hydroxylation is 1. The van der Waals surface area contributed by atoms with Crippen LogP contribution in [0.2, 0.25) is 0 Å². The van der Waals surface area contributed by atoms with Gasteiger partial charge in [-0.3, -0.25) is 4.79 Å². The van der Waals surface area contributed by atoms with Gasteiger partial charge in [0, 0.05) is 25.5 Å². The van der Waals surface area contributed by atoms with Crippen LogP contribution in [0, 0.1) is 12.7 Å². The van der Waals surface area contributed by atoms with Crippen LogP contribution in [-0.4, -0.2) is 17.9 Å². The van der Waals surface area contributed by atoms with E-state index in [9.17, 15) is 22.4 Å². The Kier molecular flexibility index (Phi) is 6.43. The number of nitrogens with zero attached hydrogens (tertiary/aromatic N) is 1. The van der Waals surface area contributed by atoms with Crippen molar-refractivity contribution in [2.45, 2.75) is 19.6 Å². The van der Waals surface area contributed by atoms with E-state index in [0.717, 1.165) is 23.4 Å². The summed E-state index contributed by atoms with van der Waals surface area (Å²) in [7, 11) is 1.47. The molecule has 0 spiro atoms. The molecule has 162 valence electrons. The van der Waals surface area contributed by atoms with Crippen LogP contribution in [0.4, 0.5) is 34.8 Å². The molecule has 0 bridgehead atoms. The van der Waals surface area contributed by atoms with Gasteiger partial charge in [-0.25, -0.2) is 9.37 Å². The van der Waals surface area contributed by atoms with E-state index in [4.69, 9.17) is 0 Å². The van der Waals surface area contributed by atoms with Crippen molar-refractivity contribution >= 4 is 23.1 Å². The van der Waals surface area contributed by atoms with E-state index in [-0.39, 0.29) is 23.6 Å². The van der Waals surface area contributed by atoms with Gasteiger partial charge in [0.05, 0.1) is 16.8 Å². The van der Waals surface area contributed by atoms with Gasteiger partial charge >= 0.3 is 6.18 Å². The zero-order valence-electron chi connectivity index (χ0n) is 16.8. The summed E-state index contributed by atoms with van der Waals surface area (Å²) in [5.41, 5.74) is 1.39. The van der Waals surface area contributed by atoms with Crippen molar-refractivity contribution in [3.05, 3.63) is 82.8 Å². The minimum Gasteiger partial charge on any atom is -0.378 e. The first kappa shape index (κ1) is 22.1. The van der Waals surface area contributed by atoms with Gasteiger partial charge in [0.2, 0.25) is 0 Å². The number of anilines is 3. The Bertz CT molecular complexity index is 1100. The molecule has 0 unspecified atom stereocenters. The monoisotopic (exact) mass is 432 g/mol. The molecule has 0 aliphatic carbocycles. The van der Waals surface area contributed by atoms with Crippen molar-refractivity contribution in [3.8, 4) is 0 Å². The van der Waals surface area contributed by atoms with Gasteiger partial charge in [0.1, 0.15) is 5.82 Å². The number of aromatic nitrogens is 1. The second-order valence-electron chi connectivity index (χ2n) is 6.84. The third kappa shape index (κ3) is 5.50. The molecule has 1 aromatic heterocycles. The molecule has 5 nitrogen and oxygen atoms in total. The summed E-state index contributed by atoms with van der Waals surface area (Å²) in [6, 6.07) is 11.3. The lowest BCUT2D eigenvalue weighted by Gasteiger charge is -2.16. The summed E-state index contributed by atoms with van der Waals surface area (Å²) in [6.45, 7) is 1.79. The first-order chi connectivity index (χ1) is 14.7. The molecular weight excluding hydrogens is 412 g/mol. The average molecular weight is 432 g/mol. The number of rotatable bonds is 6. The van der Waals surface area contributed by atoms with Crippen LogP contribution in [0.3, 0.4) is 0 Å². The van der Waals surface area contributed by atoms with Crippen LogP contribution in [0.25, 0.3) is 0 Å². The van der Waals surface area contributed by atoms with E-state index in [1.54, 1.807) is 0 Å². The Hall–Kier alpha value is -3.62. The first-order valence-corrected chi connectivity index (χ1v) is 9.32. The number of carbonyl (C=O) groups excluding carboxylic acids is 1. The van der Waals surface area contributed by atoms with Crippen LogP contribution < -0.4 is 16.0 Å². The van der Waals surface area contributed by atoms with Crippen molar-refractivity contribution in [2.24, 2.45) is 0 Å². The normalized spacial score (nSPS) is 11.2. The maximum absolute atomic E-state index is 13.7. The molecule has 0 atom stereocenters. The molecule has 2 aromatic carbocycles. The van der Waals surface area contributed by atoms with Gasteiger partial charge < -0.3 is 16.0 Å². The van der Waals surface area contributed by atoms with Gasteiger partial charge in [0.15, 0.2) is 5.82 Å². The number of pyridine rings is 1. The molecule has 1 amide bonds. The van der Waals surface area contributed by atoms with E-state index in [1.165, 1.54) is 19.3 Å². The van der Waals surface area contributed by atoms with E-state index in [2.05, 4.69) is 20.9 Å². The van der Waals surface area contributed by atoms with Crippen LogP contribution in [0.1, 0.15) is 27.0 Å². The number of nitrogens with one attached hydrogen (secondary N) is 3. The molecular formula is C22H20F4N4O. The smallest absolute Gasteiger partial charge is 0.378 e. The second kappa shape index (κ2) is 9.03. The van der Waals surface area contributed by atoms with Gasteiger partial charge in [-0.15, -0.1) is 0 Å². The standard InChI is InChI=1S/C22H20F4N4O/c1-13-5-3-4-6-18(13)30-20-19(9-15(12-29-20)21(31)27-2)28-11-14-7-16(22(24,25)26)10-17(23)8-14/h3-10,12,28H,11H2,1-2H3,(H,27,31)(H,29,30). The van der Waals surface area contributed by atoms with E-state index in [1.807, 2.05) is 31.2 Å². The summed E-state index contributed by atoms with van der Waals surface area (Å²) in [5.74, 6) is -0.986. The Labute approximate surface area is 176 Å². The van der Waals surface area contributed by atoms with Crippen LogP contribution in [0.15, 0.2) is 54.7 Å². The molecule has 0 radical (unpaired) electrons. The van der Waals surface area contributed by atoms with E-state index < -0.39 is 17.6 Å². The van der Waals surface area contributed by atoms with Gasteiger partial charge in [-0.2, -0.15) is 13.2 Å². The third-order valence-corrected chi connectivity index (χ3v) is 4.54. The molecule has 0 aliphatic heterocycles. The fourth-order valence-electron chi connectivity index (χ4n) is 2.92. The van der Waals surface area contributed by atoms with Gasteiger partial charge in [-0.05, 0) is 48.4 Å². The first-order valence-electron chi connectivity index (χ1n) is 9.32. The molecule has 0 aliphatic rings. The maximum Gasteiger partial charge on any atom is 0.416 e. The van der Waals surface area contributed by atoms with E-state index in [0.29, 0.717) is 17.6 Å². The maximum atomic E-state index is 13.7. The molecule has 3 N–H and O–H groups in total. The highest BCUT2D eigenvalue weighted by Gasteiger charge is 2.31. The number of carbonyl (C=O) groups is 1. The topological polar surface area (TPSA) is 66.0 Å². The molecule has 0 saturated heterocycles. The summed E-state index contributed by atoms with van der Waals surface area (Å²) in [5, 5.41) is 8.59. The minimum absolute atomic E-state index is 0.0968. The van der Waals surface area contributed by atoms with E-state index >= 15 is 0 Å². The summed E-state index contributed by atoms with van der Waals surface area (Å²) in [4.78, 5) is 16.3. The summed E-state index contributed by atoms with van der Waals surface area (Å²) < 4.78 is 52.7. The van der Waals surface area contributed by atoms with Crippen molar-refractivity contribution in [3.63, 3.8) is 0 Å². The van der Waals surface area contributed by atoms with Crippen molar-refractivity contribution < 1.29 is 22.4 Å². The molecule has 3 rings (SSSR count). The van der Waals surface area contributed by atoms with Crippen molar-refractivity contribution in [1.82, 2.24) is 10.3 Å². The fraction of sp³-hybridized carbons (Fsp3) is 0.182. The van der Waals surface area contributed by atoms with Crippen molar-refractivity contribution in [2.75, 3.05) is 17.7 Å². The number of alkyl halides is 3. The number of hydrogen-bond acceptors (Lipinski definition) is 4. The Balaban J connectivity index is 1.92. The molecule has 1 heterocycles. The highest BCUT2D eigenvalue weighted by atomic mass is 19.4. The lowest BCUT2D eigenvalue weighted by atomic mass is 10.1. The second-order valence-corrected chi connectivity index (χ2v) is 6.84. The highest BCUT2D eigenvalue weighted by molar-refractivity contribution is 5.95. The summed E-state index contributed by atoms with van der Waals surface area (Å²) >= 11 is 0. The molecule has 0 saturated carbocycles. The summed E-state index contributed by atoms with van der Waals surface area (Å²) in [6.07, 6.45) is -3.27. The number of hydrogen-bond donors (Lipinski definition) is 3. The van der Waals surface area contributed by atoms with Gasteiger partial charge in [0.25, 0.3) is 5.91 Å². The van der Waals surface area contributed by atoms with Crippen LogP contribution in [-0.2, 0) is 12.7 Å². The Morgan fingerprint density at radius 3 is 2.48 bits per heavy atom.